The Bertz CT molecular complexity index is 256. The number of carbonyl (C=O) groups is 1. The first kappa shape index (κ1) is 11.7. The van der Waals surface area contributed by atoms with Gasteiger partial charge in [0.25, 0.3) is 0 Å². The van der Waals surface area contributed by atoms with Gasteiger partial charge in [0.15, 0.2) is 0 Å². The van der Waals surface area contributed by atoms with Crippen LogP contribution in [-0.4, -0.2) is 31.8 Å². The van der Waals surface area contributed by atoms with E-state index in [1.165, 1.54) is 12.8 Å². The van der Waals surface area contributed by atoms with E-state index in [9.17, 15) is 4.79 Å². The van der Waals surface area contributed by atoms with Gasteiger partial charge in [0.05, 0.1) is 12.6 Å². The molecule has 16 heavy (non-hydrogen) atoms. The number of carbonyl (C=O) groups excluding carboxylic acids is 1. The van der Waals surface area contributed by atoms with E-state index in [2.05, 4.69) is 24.5 Å². The highest BCUT2D eigenvalue weighted by Crippen LogP contribution is 2.51. The van der Waals surface area contributed by atoms with Crippen LogP contribution in [0.15, 0.2) is 0 Å². The molecule has 0 aromatic carbocycles. The standard InChI is InChI=1S/C12H22N2O2/c1-9(2)12(4-5-12)8-13-11(15)14-10-3-6-16-7-10/h9-10H,3-8H2,1-2H3,(H2,13,14,15). The fraction of sp³-hybridized carbons (Fsp3) is 0.917. The zero-order valence-electron chi connectivity index (χ0n) is 10.2. The van der Waals surface area contributed by atoms with Gasteiger partial charge in [-0.3, -0.25) is 0 Å². The Morgan fingerprint density at radius 3 is 2.75 bits per heavy atom. The SMILES string of the molecule is CC(C)C1(CNC(=O)NC2CCOC2)CC1. The van der Waals surface area contributed by atoms with Gasteiger partial charge in [0.2, 0.25) is 0 Å². The molecular formula is C12H22N2O2. The monoisotopic (exact) mass is 226 g/mol. The lowest BCUT2D eigenvalue weighted by Crippen LogP contribution is -2.44. The zero-order valence-corrected chi connectivity index (χ0v) is 10.2. The summed E-state index contributed by atoms with van der Waals surface area (Å²) in [5.41, 5.74) is 0.378. The van der Waals surface area contributed by atoms with E-state index >= 15 is 0 Å². The molecule has 4 nitrogen and oxygen atoms in total. The summed E-state index contributed by atoms with van der Waals surface area (Å²) >= 11 is 0. The quantitative estimate of drug-likeness (QED) is 0.763. The number of amides is 2. The van der Waals surface area contributed by atoms with E-state index in [-0.39, 0.29) is 12.1 Å². The van der Waals surface area contributed by atoms with E-state index in [4.69, 9.17) is 4.74 Å². The molecule has 0 spiro atoms. The van der Waals surface area contributed by atoms with Crippen LogP contribution in [-0.2, 0) is 4.74 Å². The molecule has 2 rings (SSSR count). The second-order valence-electron chi connectivity index (χ2n) is 5.40. The van der Waals surface area contributed by atoms with Crippen molar-refractivity contribution in [2.75, 3.05) is 19.8 Å². The van der Waals surface area contributed by atoms with Crippen molar-refractivity contribution in [3.63, 3.8) is 0 Å². The topological polar surface area (TPSA) is 50.4 Å². The summed E-state index contributed by atoms with van der Waals surface area (Å²) in [5.74, 6) is 0.655. The predicted molar refractivity (Wildman–Crippen MR) is 62.3 cm³/mol. The molecule has 2 aliphatic rings. The maximum atomic E-state index is 11.6. The largest absolute Gasteiger partial charge is 0.379 e. The second kappa shape index (κ2) is 4.62. The molecule has 0 aromatic rings. The molecule has 92 valence electrons. The smallest absolute Gasteiger partial charge is 0.315 e. The van der Waals surface area contributed by atoms with E-state index < -0.39 is 0 Å². The summed E-state index contributed by atoms with van der Waals surface area (Å²) < 4.78 is 5.21. The number of ether oxygens (including phenoxy) is 1. The Morgan fingerprint density at radius 1 is 1.50 bits per heavy atom. The normalized spacial score (nSPS) is 26.8. The average Bonchev–Trinajstić information content (AvgIpc) is 2.88. The summed E-state index contributed by atoms with van der Waals surface area (Å²) in [7, 11) is 0. The summed E-state index contributed by atoms with van der Waals surface area (Å²) in [6.45, 7) is 6.70. The molecule has 1 saturated carbocycles. The van der Waals surface area contributed by atoms with Crippen molar-refractivity contribution in [3.8, 4) is 0 Å². The van der Waals surface area contributed by atoms with Crippen molar-refractivity contribution in [1.29, 1.82) is 0 Å². The maximum Gasteiger partial charge on any atom is 0.315 e. The number of nitrogens with one attached hydrogen (secondary N) is 2. The van der Waals surface area contributed by atoms with Crippen LogP contribution in [0, 0.1) is 11.3 Å². The van der Waals surface area contributed by atoms with Crippen LogP contribution in [0.5, 0.6) is 0 Å². The van der Waals surface area contributed by atoms with Gasteiger partial charge in [-0.05, 0) is 30.6 Å². The summed E-state index contributed by atoms with van der Waals surface area (Å²) in [4.78, 5) is 11.6. The van der Waals surface area contributed by atoms with Crippen molar-refractivity contribution < 1.29 is 9.53 Å². The first-order chi connectivity index (χ1) is 7.62. The molecule has 1 heterocycles. The van der Waals surface area contributed by atoms with Crippen molar-refractivity contribution >= 4 is 6.03 Å². The Kier molecular flexibility index (Phi) is 3.38. The third-order valence-corrected chi connectivity index (χ3v) is 3.98. The third kappa shape index (κ3) is 2.67. The molecular weight excluding hydrogens is 204 g/mol. The Balaban J connectivity index is 1.67. The third-order valence-electron chi connectivity index (χ3n) is 3.98. The molecule has 1 aliphatic carbocycles. The minimum Gasteiger partial charge on any atom is -0.379 e. The maximum absolute atomic E-state index is 11.6. The Morgan fingerprint density at radius 2 is 2.25 bits per heavy atom. The lowest BCUT2D eigenvalue weighted by molar-refractivity contribution is 0.188. The Labute approximate surface area is 97.1 Å². The molecule has 1 unspecified atom stereocenters. The van der Waals surface area contributed by atoms with E-state index in [1.54, 1.807) is 0 Å². The average molecular weight is 226 g/mol. The summed E-state index contributed by atoms with van der Waals surface area (Å²) in [5, 5.41) is 5.93. The van der Waals surface area contributed by atoms with E-state index in [1.807, 2.05) is 0 Å². The summed E-state index contributed by atoms with van der Waals surface area (Å²) in [6, 6.07) is 0.164. The van der Waals surface area contributed by atoms with Crippen LogP contribution < -0.4 is 10.6 Å². The lowest BCUT2D eigenvalue weighted by Gasteiger charge is -2.21. The van der Waals surface area contributed by atoms with Gasteiger partial charge in [0.1, 0.15) is 0 Å². The number of rotatable bonds is 4. The molecule has 0 radical (unpaired) electrons. The molecule has 2 fully saturated rings. The number of hydrogen-bond acceptors (Lipinski definition) is 2. The Hall–Kier alpha value is -0.770. The molecule has 2 N–H and O–H groups in total. The highest BCUT2D eigenvalue weighted by molar-refractivity contribution is 5.74. The van der Waals surface area contributed by atoms with Gasteiger partial charge in [-0.1, -0.05) is 13.8 Å². The van der Waals surface area contributed by atoms with Gasteiger partial charge in [-0.15, -0.1) is 0 Å². The van der Waals surface area contributed by atoms with Crippen LogP contribution in [0.25, 0.3) is 0 Å². The highest BCUT2D eigenvalue weighted by atomic mass is 16.5. The van der Waals surface area contributed by atoms with Gasteiger partial charge < -0.3 is 15.4 Å². The first-order valence-corrected chi connectivity index (χ1v) is 6.24. The highest BCUT2D eigenvalue weighted by Gasteiger charge is 2.45. The van der Waals surface area contributed by atoms with Crippen molar-refractivity contribution in [3.05, 3.63) is 0 Å². The number of hydrogen-bond donors (Lipinski definition) is 2. The van der Waals surface area contributed by atoms with Crippen LogP contribution in [0.1, 0.15) is 33.1 Å². The van der Waals surface area contributed by atoms with Gasteiger partial charge >= 0.3 is 6.03 Å². The number of urea groups is 1. The van der Waals surface area contributed by atoms with Crippen LogP contribution in [0.4, 0.5) is 4.79 Å². The second-order valence-corrected chi connectivity index (χ2v) is 5.40. The van der Waals surface area contributed by atoms with Crippen LogP contribution >= 0.6 is 0 Å². The molecule has 0 aromatic heterocycles. The molecule has 0 bridgehead atoms. The van der Waals surface area contributed by atoms with Crippen LogP contribution in [0.3, 0.4) is 0 Å². The van der Waals surface area contributed by atoms with Crippen molar-refractivity contribution in [1.82, 2.24) is 10.6 Å². The van der Waals surface area contributed by atoms with Crippen molar-refractivity contribution in [2.24, 2.45) is 11.3 Å². The molecule has 2 amide bonds. The van der Waals surface area contributed by atoms with Crippen LogP contribution in [0.2, 0.25) is 0 Å². The van der Waals surface area contributed by atoms with Gasteiger partial charge in [-0.25, -0.2) is 4.79 Å². The predicted octanol–water partition coefficient (Wildman–Crippen LogP) is 1.51. The fourth-order valence-electron chi connectivity index (χ4n) is 2.26. The molecule has 1 atom stereocenters. The van der Waals surface area contributed by atoms with E-state index in [0.29, 0.717) is 17.9 Å². The minimum atomic E-state index is -0.0394. The summed E-state index contributed by atoms with van der Waals surface area (Å²) in [6.07, 6.45) is 3.43. The fourth-order valence-corrected chi connectivity index (χ4v) is 2.26. The van der Waals surface area contributed by atoms with Crippen molar-refractivity contribution in [2.45, 2.75) is 39.2 Å². The van der Waals surface area contributed by atoms with Gasteiger partial charge in [0, 0.05) is 13.2 Å². The molecule has 4 heteroatoms. The molecule has 1 saturated heterocycles. The lowest BCUT2D eigenvalue weighted by atomic mass is 9.92. The zero-order chi connectivity index (χ0) is 11.6. The first-order valence-electron chi connectivity index (χ1n) is 6.24. The minimum absolute atomic E-state index is 0.0394. The molecule has 1 aliphatic heterocycles. The van der Waals surface area contributed by atoms with Gasteiger partial charge in [-0.2, -0.15) is 0 Å². The van der Waals surface area contributed by atoms with E-state index in [0.717, 1.165) is 19.6 Å².